The summed E-state index contributed by atoms with van der Waals surface area (Å²) in [6.45, 7) is 3.40. The van der Waals surface area contributed by atoms with Gasteiger partial charge in [-0.05, 0) is 42.7 Å². The lowest BCUT2D eigenvalue weighted by molar-refractivity contribution is -0.174. The van der Waals surface area contributed by atoms with Crippen molar-refractivity contribution in [2.45, 2.75) is 19.3 Å². The first-order chi connectivity index (χ1) is 13.9. The SMILES string of the molecule is CC(C)(C(=O)ON1C(=O)c2ccccc2C1=O)c1ccc(-c2ccccc2)cc1. The topological polar surface area (TPSA) is 63.7 Å². The van der Waals surface area contributed by atoms with Crippen LogP contribution in [-0.2, 0) is 15.0 Å². The van der Waals surface area contributed by atoms with Crippen LogP contribution >= 0.6 is 0 Å². The third-order valence-electron chi connectivity index (χ3n) is 5.16. The smallest absolute Gasteiger partial charge is 0.329 e. The minimum absolute atomic E-state index is 0.232. The van der Waals surface area contributed by atoms with Crippen molar-refractivity contribution >= 4 is 17.8 Å². The molecule has 0 spiro atoms. The summed E-state index contributed by atoms with van der Waals surface area (Å²) in [4.78, 5) is 43.0. The normalized spacial score (nSPS) is 13.4. The van der Waals surface area contributed by atoms with Gasteiger partial charge in [-0.25, -0.2) is 4.79 Å². The summed E-state index contributed by atoms with van der Waals surface area (Å²) in [6.07, 6.45) is 0. The predicted molar refractivity (Wildman–Crippen MR) is 108 cm³/mol. The molecule has 2 amide bonds. The van der Waals surface area contributed by atoms with Gasteiger partial charge in [-0.3, -0.25) is 9.59 Å². The number of hydroxylamine groups is 2. The van der Waals surface area contributed by atoms with Gasteiger partial charge in [0.05, 0.1) is 16.5 Å². The highest BCUT2D eigenvalue weighted by molar-refractivity contribution is 6.21. The molecule has 29 heavy (non-hydrogen) atoms. The minimum Gasteiger partial charge on any atom is -0.329 e. The van der Waals surface area contributed by atoms with Crippen molar-refractivity contribution in [3.05, 3.63) is 95.6 Å². The van der Waals surface area contributed by atoms with E-state index in [0.29, 0.717) is 5.06 Å². The molecule has 0 aromatic heterocycles. The molecule has 0 saturated carbocycles. The Kier molecular flexibility index (Phi) is 4.51. The van der Waals surface area contributed by atoms with Gasteiger partial charge >= 0.3 is 5.97 Å². The van der Waals surface area contributed by atoms with Crippen LogP contribution in [0.3, 0.4) is 0 Å². The van der Waals surface area contributed by atoms with Crippen LogP contribution in [0.5, 0.6) is 0 Å². The number of fused-ring (bicyclic) bond motifs is 1. The number of nitrogens with zero attached hydrogens (tertiary/aromatic N) is 1. The van der Waals surface area contributed by atoms with Gasteiger partial charge in [0, 0.05) is 0 Å². The Morgan fingerprint density at radius 1 is 0.724 bits per heavy atom. The maximum atomic E-state index is 12.8. The van der Waals surface area contributed by atoms with E-state index in [9.17, 15) is 14.4 Å². The average molecular weight is 385 g/mol. The second-order valence-electron chi connectivity index (χ2n) is 7.40. The van der Waals surface area contributed by atoms with E-state index < -0.39 is 23.2 Å². The monoisotopic (exact) mass is 385 g/mol. The molecule has 0 unspecified atom stereocenters. The highest BCUT2D eigenvalue weighted by Gasteiger charge is 2.42. The number of hydrogen-bond donors (Lipinski definition) is 0. The highest BCUT2D eigenvalue weighted by Crippen LogP contribution is 2.30. The van der Waals surface area contributed by atoms with Crippen molar-refractivity contribution in [2.75, 3.05) is 0 Å². The van der Waals surface area contributed by atoms with Crippen molar-refractivity contribution in [1.82, 2.24) is 5.06 Å². The molecule has 144 valence electrons. The van der Waals surface area contributed by atoms with E-state index in [2.05, 4.69) is 0 Å². The van der Waals surface area contributed by atoms with Crippen LogP contribution in [0.15, 0.2) is 78.9 Å². The van der Waals surface area contributed by atoms with Gasteiger partial charge in [-0.2, -0.15) is 0 Å². The van der Waals surface area contributed by atoms with Crippen LogP contribution in [0.4, 0.5) is 0 Å². The van der Waals surface area contributed by atoms with Crippen LogP contribution in [0.25, 0.3) is 11.1 Å². The first-order valence-corrected chi connectivity index (χ1v) is 9.26. The molecule has 1 heterocycles. The fraction of sp³-hybridized carbons (Fsp3) is 0.125. The molecule has 0 bridgehead atoms. The largest absolute Gasteiger partial charge is 0.343 e. The van der Waals surface area contributed by atoms with Gasteiger partial charge in [-0.1, -0.05) is 71.8 Å². The van der Waals surface area contributed by atoms with E-state index in [1.165, 1.54) is 12.1 Å². The average Bonchev–Trinajstić information content (AvgIpc) is 2.99. The molecule has 5 nitrogen and oxygen atoms in total. The maximum Gasteiger partial charge on any atom is 0.343 e. The standard InChI is InChI=1S/C24H19NO4/c1-24(2,18-14-12-17(13-15-18)16-8-4-3-5-9-16)23(28)29-25-21(26)19-10-6-7-11-20(19)22(25)27/h3-15H,1-2H3. The zero-order valence-electron chi connectivity index (χ0n) is 16.1. The second kappa shape index (κ2) is 7.02. The molecular weight excluding hydrogens is 366 g/mol. The Bertz CT molecular complexity index is 1070. The highest BCUT2D eigenvalue weighted by atomic mass is 16.7. The lowest BCUT2D eigenvalue weighted by Crippen LogP contribution is -2.40. The van der Waals surface area contributed by atoms with Crippen LogP contribution in [0.2, 0.25) is 0 Å². The summed E-state index contributed by atoms with van der Waals surface area (Å²) in [7, 11) is 0. The third kappa shape index (κ3) is 3.21. The zero-order chi connectivity index (χ0) is 20.6. The minimum atomic E-state index is -1.05. The van der Waals surface area contributed by atoms with Crippen LogP contribution in [-0.4, -0.2) is 22.8 Å². The molecule has 5 heteroatoms. The molecule has 3 aromatic rings. The van der Waals surface area contributed by atoms with Crippen LogP contribution in [0.1, 0.15) is 40.1 Å². The maximum absolute atomic E-state index is 12.8. The summed E-state index contributed by atoms with van der Waals surface area (Å²) < 4.78 is 0. The van der Waals surface area contributed by atoms with E-state index in [-0.39, 0.29) is 11.1 Å². The van der Waals surface area contributed by atoms with Gasteiger partial charge in [0.15, 0.2) is 0 Å². The van der Waals surface area contributed by atoms with Crippen molar-refractivity contribution in [3.8, 4) is 11.1 Å². The summed E-state index contributed by atoms with van der Waals surface area (Å²) >= 11 is 0. The number of rotatable bonds is 4. The first kappa shape index (κ1) is 18.6. The molecule has 1 aliphatic rings. The molecule has 0 fully saturated rings. The first-order valence-electron chi connectivity index (χ1n) is 9.26. The lowest BCUT2D eigenvalue weighted by Gasteiger charge is -2.25. The van der Waals surface area contributed by atoms with E-state index in [1.54, 1.807) is 26.0 Å². The molecule has 3 aromatic carbocycles. The van der Waals surface area contributed by atoms with Crippen molar-refractivity contribution in [1.29, 1.82) is 0 Å². The van der Waals surface area contributed by atoms with E-state index in [4.69, 9.17) is 4.84 Å². The molecule has 0 aliphatic carbocycles. The summed E-state index contributed by atoms with van der Waals surface area (Å²) in [6, 6.07) is 23.9. The summed E-state index contributed by atoms with van der Waals surface area (Å²) in [5.41, 5.74) is 2.23. The number of carbonyl (C=O) groups excluding carboxylic acids is 3. The molecule has 0 N–H and O–H groups in total. The van der Waals surface area contributed by atoms with Gasteiger partial charge in [0.1, 0.15) is 0 Å². The zero-order valence-corrected chi connectivity index (χ0v) is 16.1. The Hall–Kier alpha value is -3.73. The van der Waals surface area contributed by atoms with Crippen molar-refractivity contribution in [2.24, 2.45) is 0 Å². The van der Waals surface area contributed by atoms with Crippen molar-refractivity contribution in [3.63, 3.8) is 0 Å². The quantitative estimate of drug-likeness (QED) is 0.625. The second-order valence-corrected chi connectivity index (χ2v) is 7.40. The summed E-state index contributed by atoms with van der Waals surface area (Å²) in [5, 5.41) is 0.549. The van der Waals surface area contributed by atoms with Crippen LogP contribution < -0.4 is 0 Å². The van der Waals surface area contributed by atoms with Gasteiger partial charge in [0.25, 0.3) is 11.8 Å². The number of benzene rings is 3. The lowest BCUT2D eigenvalue weighted by atomic mass is 9.84. The third-order valence-corrected chi connectivity index (χ3v) is 5.16. The number of imide groups is 1. The molecule has 4 rings (SSSR count). The van der Waals surface area contributed by atoms with E-state index >= 15 is 0 Å². The van der Waals surface area contributed by atoms with E-state index in [1.807, 2.05) is 54.6 Å². The predicted octanol–water partition coefficient (Wildman–Crippen LogP) is 4.39. The van der Waals surface area contributed by atoms with Crippen molar-refractivity contribution < 1.29 is 19.2 Å². The number of amides is 2. The molecule has 0 radical (unpaired) electrons. The molecule has 1 aliphatic heterocycles. The number of carbonyl (C=O) groups is 3. The Balaban J connectivity index is 1.54. The molecular formula is C24H19NO4. The van der Waals surface area contributed by atoms with Gasteiger partial charge in [-0.15, -0.1) is 0 Å². The number of hydrogen-bond acceptors (Lipinski definition) is 4. The Morgan fingerprint density at radius 3 is 1.76 bits per heavy atom. The fourth-order valence-corrected chi connectivity index (χ4v) is 3.27. The van der Waals surface area contributed by atoms with Gasteiger partial charge in [0.2, 0.25) is 0 Å². The molecule has 0 atom stereocenters. The Labute approximate surface area is 168 Å². The summed E-state index contributed by atoms with van der Waals surface area (Å²) in [5.74, 6) is -1.94. The van der Waals surface area contributed by atoms with Crippen LogP contribution in [0, 0.1) is 0 Å². The van der Waals surface area contributed by atoms with Gasteiger partial charge < -0.3 is 4.84 Å². The van der Waals surface area contributed by atoms with E-state index in [0.717, 1.165) is 16.7 Å². The Morgan fingerprint density at radius 2 is 1.21 bits per heavy atom. The fourth-order valence-electron chi connectivity index (χ4n) is 3.27. The molecule has 0 saturated heterocycles.